The Bertz CT molecular complexity index is 1070. The third-order valence-corrected chi connectivity index (χ3v) is 4.11. The molecule has 7 heteroatoms. The largest absolute Gasteiger partial charge is 0.383 e. The van der Waals surface area contributed by atoms with Crippen LogP contribution in [0.25, 0.3) is 10.9 Å². The highest BCUT2D eigenvalue weighted by Crippen LogP contribution is 2.24. The first kappa shape index (κ1) is 15.8. The lowest BCUT2D eigenvalue weighted by Crippen LogP contribution is -2.04. The molecule has 0 aliphatic heterocycles. The van der Waals surface area contributed by atoms with Crippen LogP contribution in [0.4, 0.5) is 17.3 Å². The third kappa shape index (κ3) is 2.98. The van der Waals surface area contributed by atoms with Gasteiger partial charge in [0.25, 0.3) is 0 Å². The summed E-state index contributed by atoms with van der Waals surface area (Å²) in [7, 11) is 0. The topological polar surface area (TPSA) is 98.7 Å². The zero-order chi connectivity index (χ0) is 17.9. The summed E-state index contributed by atoms with van der Waals surface area (Å²) in [6, 6.07) is 16.0. The number of fused-ring (bicyclic) bond motifs is 1. The summed E-state index contributed by atoms with van der Waals surface area (Å²) in [5.74, 6) is 0.526. The minimum absolute atomic E-state index is 0.147. The van der Waals surface area contributed by atoms with Crippen molar-refractivity contribution in [2.75, 3.05) is 11.1 Å². The molecule has 0 spiro atoms. The molecule has 0 aliphatic carbocycles. The zero-order valence-electron chi connectivity index (χ0n) is 13.8. The van der Waals surface area contributed by atoms with Crippen molar-refractivity contribution >= 4 is 34.5 Å². The van der Waals surface area contributed by atoms with Crippen LogP contribution < -0.4 is 11.1 Å². The van der Waals surface area contributed by atoms with Crippen LogP contribution in [0.5, 0.6) is 0 Å². The summed E-state index contributed by atoms with van der Waals surface area (Å²) >= 11 is 0. The van der Waals surface area contributed by atoms with E-state index in [2.05, 4.69) is 32.5 Å². The Kier molecular flexibility index (Phi) is 4.03. The highest BCUT2D eigenvalue weighted by molar-refractivity contribution is 5.90. The predicted octanol–water partition coefficient (Wildman–Crippen LogP) is 3.01. The molecule has 0 atom stereocenters. The summed E-state index contributed by atoms with van der Waals surface area (Å²) in [4.78, 5) is 19.1. The lowest BCUT2D eigenvalue weighted by Gasteiger charge is -2.09. The molecule has 0 saturated carbocycles. The maximum Gasteiger partial charge on any atom is 0.157 e. The number of carbonyl (C=O) groups excluding carboxylic acids is 1. The zero-order valence-corrected chi connectivity index (χ0v) is 13.8. The minimum Gasteiger partial charge on any atom is -0.383 e. The lowest BCUT2D eigenvalue weighted by molar-refractivity contribution is 0.112. The summed E-state index contributed by atoms with van der Waals surface area (Å²) in [5, 5.41) is 8.58. The van der Waals surface area contributed by atoms with Gasteiger partial charge < -0.3 is 11.1 Å². The van der Waals surface area contributed by atoms with Crippen molar-refractivity contribution < 1.29 is 4.79 Å². The van der Waals surface area contributed by atoms with Gasteiger partial charge in [0.05, 0.1) is 23.8 Å². The maximum absolute atomic E-state index is 11.2. The number of aromatic nitrogens is 4. The SMILES string of the molecule is Nc1ncnc(Nc2ccc3c(cnn3Cc3ccccc3)c2)c1C=O. The third-order valence-electron chi connectivity index (χ3n) is 4.11. The molecule has 2 aromatic carbocycles. The lowest BCUT2D eigenvalue weighted by atomic mass is 10.2. The van der Waals surface area contributed by atoms with Crippen LogP contribution in [0, 0.1) is 0 Å². The van der Waals surface area contributed by atoms with Gasteiger partial charge in [-0.3, -0.25) is 9.48 Å². The fourth-order valence-corrected chi connectivity index (χ4v) is 2.81. The Morgan fingerprint density at radius 1 is 1.12 bits per heavy atom. The van der Waals surface area contributed by atoms with Gasteiger partial charge >= 0.3 is 0 Å². The van der Waals surface area contributed by atoms with E-state index in [0.717, 1.165) is 16.6 Å². The van der Waals surface area contributed by atoms with Crippen LogP contribution >= 0.6 is 0 Å². The van der Waals surface area contributed by atoms with E-state index in [1.165, 1.54) is 11.9 Å². The molecule has 0 bridgehead atoms. The van der Waals surface area contributed by atoms with Gasteiger partial charge in [0.15, 0.2) is 6.29 Å². The Labute approximate surface area is 149 Å². The van der Waals surface area contributed by atoms with Crippen LogP contribution in [0.3, 0.4) is 0 Å². The van der Waals surface area contributed by atoms with Gasteiger partial charge in [0, 0.05) is 11.1 Å². The van der Waals surface area contributed by atoms with Crippen molar-refractivity contribution in [1.82, 2.24) is 19.7 Å². The van der Waals surface area contributed by atoms with Gasteiger partial charge in [-0.05, 0) is 23.8 Å². The average molecular weight is 344 g/mol. The minimum atomic E-state index is 0.147. The molecule has 2 aromatic heterocycles. The Balaban J connectivity index is 1.63. The van der Waals surface area contributed by atoms with Crippen molar-refractivity contribution in [3.05, 3.63) is 72.2 Å². The summed E-state index contributed by atoms with van der Waals surface area (Å²) in [5.41, 5.74) is 8.96. The standard InChI is InChI=1S/C19H16N6O/c20-18-16(11-26)19(22-12-21-18)24-15-6-7-17-14(8-15)9-23-25(17)10-13-4-2-1-3-5-13/h1-9,11-12H,10H2,(H3,20,21,22,24). The number of nitrogen functional groups attached to an aromatic ring is 1. The van der Waals surface area contributed by atoms with Crippen molar-refractivity contribution in [3.63, 3.8) is 0 Å². The first-order chi connectivity index (χ1) is 12.7. The maximum atomic E-state index is 11.2. The second-order valence-corrected chi connectivity index (χ2v) is 5.83. The second-order valence-electron chi connectivity index (χ2n) is 5.83. The van der Waals surface area contributed by atoms with E-state index in [-0.39, 0.29) is 11.4 Å². The fraction of sp³-hybridized carbons (Fsp3) is 0.0526. The molecule has 4 aromatic rings. The molecular formula is C19H16N6O. The number of aldehydes is 1. The van der Waals surface area contributed by atoms with Crippen molar-refractivity contribution in [2.45, 2.75) is 6.54 Å². The van der Waals surface area contributed by atoms with E-state index in [1.807, 2.05) is 47.3 Å². The molecule has 4 rings (SSSR count). The first-order valence-corrected chi connectivity index (χ1v) is 8.07. The number of hydrogen-bond donors (Lipinski definition) is 2. The Morgan fingerprint density at radius 2 is 1.96 bits per heavy atom. The van der Waals surface area contributed by atoms with Gasteiger partial charge in [0.1, 0.15) is 18.0 Å². The van der Waals surface area contributed by atoms with Crippen LogP contribution in [0.2, 0.25) is 0 Å². The molecule has 26 heavy (non-hydrogen) atoms. The van der Waals surface area contributed by atoms with Gasteiger partial charge in [-0.15, -0.1) is 0 Å². The van der Waals surface area contributed by atoms with E-state index in [0.29, 0.717) is 18.6 Å². The van der Waals surface area contributed by atoms with Crippen molar-refractivity contribution in [1.29, 1.82) is 0 Å². The Hall–Kier alpha value is -3.74. The fourth-order valence-electron chi connectivity index (χ4n) is 2.81. The highest BCUT2D eigenvalue weighted by atomic mass is 16.1. The molecule has 2 heterocycles. The first-order valence-electron chi connectivity index (χ1n) is 8.07. The number of rotatable bonds is 5. The molecule has 0 amide bonds. The molecule has 128 valence electrons. The van der Waals surface area contributed by atoms with Crippen LogP contribution in [0.1, 0.15) is 15.9 Å². The highest BCUT2D eigenvalue weighted by Gasteiger charge is 2.10. The molecule has 0 aliphatic rings. The van der Waals surface area contributed by atoms with Gasteiger partial charge in [-0.2, -0.15) is 5.10 Å². The van der Waals surface area contributed by atoms with E-state index in [1.54, 1.807) is 0 Å². The normalized spacial score (nSPS) is 10.8. The number of nitrogens with one attached hydrogen (secondary N) is 1. The monoisotopic (exact) mass is 344 g/mol. The van der Waals surface area contributed by atoms with Gasteiger partial charge in [0.2, 0.25) is 0 Å². The van der Waals surface area contributed by atoms with Gasteiger partial charge in [-0.25, -0.2) is 9.97 Å². The molecule has 3 N–H and O–H groups in total. The molecule has 0 radical (unpaired) electrons. The van der Waals surface area contributed by atoms with Crippen LogP contribution in [0.15, 0.2) is 61.1 Å². The second kappa shape index (κ2) is 6.64. The number of benzene rings is 2. The molecule has 7 nitrogen and oxygen atoms in total. The average Bonchev–Trinajstić information content (AvgIpc) is 3.05. The van der Waals surface area contributed by atoms with Crippen molar-refractivity contribution in [2.24, 2.45) is 0 Å². The van der Waals surface area contributed by atoms with E-state index >= 15 is 0 Å². The quantitative estimate of drug-likeness (QED) is 0.540. The number of hydrogen-bond acceptors (Lipinski definition) is 6. The number of carbonyl (C=O) groups is 1. The number of nitrogens with two attached hydrogens (primary N) is 1. The summed E-state index contributed by atoms with van der Waals surface area (Å²) in [6.45, 7) is 0.703. The summed E-state index contributed by atoms with van der Waals surface area (Å²) < 4.78 is 1.95. The molecule has 0 saturated heterocycles. The Morgan fingerprint density at radius 3 is 2.77 bits per heavy atom. The number of anilines is 3. The van der Waals surface area contributed by atoms with Crippen LogP contribution in [-0.4, -0.2) is 26.0 Å². The molecular weight excluding hydrogens is 328 g/mol. The molecule has 0 fully saturated rings. The predicted molar refractivity (Wildman–Crippen MR) is 100 cm³/mol. The van der Waals surface area contributed by atoms with E-state index < -0.39 is 0 Å². The van der Waals surface area contributed by atoms with Crippen LogP contribution in [-0.2, 0) is 6.54 Å². The van der Waals surface area contributed by atoms with E-state index in [4.69, 9.17) is 5.73 Å². The van der Waals surface area contributed by atoms with E-state index in [9.17, 15) is 4.79 Å². The smallest absolute Gasteiger partial charge is 0.157 e. The molecule has 0 unspecified atom stereocenters. The summed E-state index contributed by atoms with van der Waals surface area (Å²) in [6.07, 6.45) is 3.79. The number of nitrogens with zero attached hydrogens (tertiary/aromatic N) is 4. The van der Waals surface area contributed by atoms with Gasteiger partial charge in [-0.1, -0.05) is 30.3 Å². The van der Waals surface area contributed by atoms with Crippen molar-refractivity contribution in [3.8, 4) is 0 Å².